The molecular weight excluding hydrogens is 430 g/mol. The topological polar surface area (TPSA) is 68.7 Å². The minimum atomic E-state index is -2.73. The van der Waals surface area contributed by atoms with Gasteiger partial charge >= 0.3 is 14.3 Å². The van der Waals surface area contributed by atoms with Crippen LogP contribution in [0.4, 0.5) is 0 Å². The Morgan fingerprint density at radius 1 is 1.03 bits per heavy atom. The molecule has 1 atom stereocenters. The Balaban J connectivity index is 1.71. The first kappa shape index (κ1) is 23.2. The molecule has 0 aliphatic carbocycles. The molecular formula is C27H31NO4Si. The molecule has 1 aliphatic heterocycles. The summed E-state index contributed by atoms with van der Waals surface area (Å²) in [5, 5.41) is 11.9. The van der Waals surface area contributed by atoms with Crippen molar-refractivity contribution in [1.82, 2.24) is 4.98 Å². The first-order valence-electron chi connectivity index (χ1n) is 11.4. The summed E-state index contributed by atoms with van der Waals surface area (Å²) in [6.07, 6.45) is 3.23. The predicted octanol–water partition coefficient (Wildman–Crippen LogP) is 4.20. The Morgan fingerprint density at radius 2 is 1.64 bits per heavy atom. The van der Waals surface area contributed by atoms with E-state index in [1.165, 1.54) is 10.4 Å². The Hall–Kier alpha value is -2.96. The summed E-state index contributed by atoms with van der Waals surface area (Å²) in [7, 11) is -2.73. The molecule has 172 valence electrons. The van der Waals surface area contributed by atoms with E-state index in [1.54, 1.807) is 6.20 Å². The summed E-state index contributed by atoms with van der Waals surface area (Å²) in [6, 6.07) is 24.7. The normalized spacial score (nSPS) is 18.8. The quantitative estimate of drug-likeness (QED) is 0.534. The van der Waals surface area contributed by atoms with Crippen molar-refractivity contribution in [1.29, 1.82) is 0 Å². The molecule has 2 heterocycles. The van der Waals surface area contributed by atoms with Crippen LogP contribution >= 0.6 is 0 Å². The van der Waals surface area contributed by atoms with Crippen LogP contribution in [0.3, 0.4) is 0 Å². The fourth-order valence-corrected chi connectivity index (χ4v) is 9.18. The number of carboxylic acids is 1. The van der Waals surface area contributed by atoms with Crippen LogP contribution in [-0.2, 0) is 16.0 Å². The van der Waals surface area contributed by atoms with E-state index in [9.17, 15) is 9.90 Å². The number of ether oxygens (including phenoxy) is 1. The molecule has 4 rings (SSSR count). The molecule has 1 fully saturated rings. The lowest BCUT2D eigenvalue weighted by Gasteiger charge is -2.42. The van der Waals surface area contributed by atoms with Gasteiger partial charge in [0.25, 0.3) is 0 Å². The van der Waals surface area contributed by atoms with Crippen molar-refractivity contribution >= 4 is 24.7 Å². The van der Waals surface area contributed by atoms with E-state index < -0.39 is 19.9 Å². The van der Waals surface area contributed by atoms with E-state index in [-0.39, 0.29) is 11.5 Å². The van der Waals surface area contributed by atoms with Crippen LogP contribution in [0.1, 0.15) is 39.3 Å². The van der Waals surface area contributed by atoms with Crippen molar-refractivity contribution in [3.05, 3.63) is 84.7 Å². The van der Waals surface area contributed by atoms with Gasteiger partial charge in [-0.05, 0) is 40.4 Å². The van der Waals surface area contributed by atoms with Gasteiger partial charge in [-0.15, -0.1) is 0 Å². The van der Waals surface area contributed by atoms with Gasteiger partial charge in [-0.25, -0.2) is 4.79 Å². The molecule has 33 heavy (non-hydrogen) atoms. The monoisotopic (exact) mass is 461 g/mol. The van der Waals surface area contributed by atoms with Crippen LogP contribution in [0.5, 0.6) is 5.75 Å². The van der Waals surface area contributed by atoms with Crippen molar-refractivity contribution in [3.63, 3.8) is 0 Å². The van der Waals surface area contributed by atoms with E-state index in [0.29, 0.717) is 24.5 Å². The van der Waals surface area contributed by atoms with Gasteiger partial charge in [0.05, 0.1) is 6.20 Å². The highest BCUT2D eigenvalue weighted by Crippen LogP contribution is 2.37. The summed E-state index contributed by atoms with van der Waals surface area (Å²) in [5.74, 6) is -0.237. The molecule has 0 bridgehead atoms. The number of hydrogen-bond donors (Lipinski definition) is 1. The van der Waals surface area contributed by atoms with Gasteiger partial charge in [-0.2, -0.15) is 0 Å². The summed E-state index contributed by atoms with van der Waals surface area (Å²) in [5.41, 5.74) is -0.484. The van der Waals surface area contributed by atoms with Crippen LogP contribution in [0.15, 0.2) is 79.0 Å². The third kappa shape index (κ3) is 4.45. The maximum absolute atomic E-state index is 11.8. The van der Waals surface area contributed by atoms with Crippen LogP contribution < -0.4 is 14.8 Å². The summed E-state index contributed by atoms with van der Waals surface area (Å²) in [4.78, 5) is 16.4. The van der Waals surface area contributed by atoms with Gasteiger partial charge < -0.3 is 14.3 Å². The van der Waals surface area contributed by atoms with Gasteiger partial charge in [0.2, 0.25) is 0 Å². The molecule has 0 saturated carbocycles. The number of aromatic nitrogens is 1. The smallest absolute Gasteiger partial charge is 0.336 e. The van der Waals surface area contributed by atoms with Crippen molar-refractivity contribution < 1.29 is 19.1 Å². The lowest BCUT2D eigenvalue weighted by Crippen LogP contribution is -2.68. The van der Waals surface area contributed by atoms with Gasteiger partial charge in [-0.3, -0.25) is 4.98 Å². The number of pyridine rings is 1. The van der Waals surface area contributed by atoms with Crippen molar-refractivity contribution in [2.24, 2.45) is 0 Å². The minimum Gasteiger partial charge on any atom is -0.533 e. The Kier molecular flexibility index (Phi) is 6.41. The van der Waals surface area contributed by atoms with E-state index in [2.05, 4.69) is 74.3 Å². The van der Waals surface area contributed by atoms with Gasteiger partial charge in [0, 0.05) is 18.7 Å². The standard InChI is InChI=1S/C27H31NO4Si/c1-26(2,3)33(23-11-6-4-7-12-23,24-13-8-5-9-14-24)32-22-16-15-21(28-20-22)19-27(25(29)30)17-10-18-31-27/h4-9,11-16,20H,10,17-19H2,1-3H3,(H,29,30). The molecule has 2 aromatic carbocycles. The zero-order chi connectivity index (χ0) is 23.5. The summed E-state index contributed by atoms with van der Waals surface area (Å²) in [6.45, 7) is 7.17. The molecule has 1 N–H and O–H groups in total. The summed E-state index contributed by atoms with van der Waals surface area (Å²) >= 11 is 0. The number of benzene rings is 2. The fraction of sp³-hybridized carbons (Fsp3) is 0.333. The maximum Gasteiger partial charge on any atom is 0.336 e. The van der Waals surface area contributed by atoms with Crippen molar-refractivity contribution in [2.75, 3.05) is 6.61 Å². The molecule has 6 heteroatoms. The Bertz CT molecular complexity index is 1030. The average Bonchev–Trinajstić information content (AvgIpc) is 3.29. The average molecular weight is 462 g/mol. The molecule has 1 unspecified atom stereocenters. The van der Waals surface area contributed by atoms with E-state index in [0.717, 1.165) is 6.42 Å². The van der Waals surface area contributed by atoms with Gasteiger partial charge in [0.15, 0.2) is 5.60 Å². The van der Waals surface area contributed by atoms with E-state index >= 15 is 0 Å². The largest absolute Gasteiger partial charge is 0.533 e. The van der Waals surface area contributed by atoms with Crippen LogP contribution in [0, 0.1) is 0 Å². The SMILES string of the molecule is CC(C)(C)[Si](Oc1ccc(CC2(C(=O)O)CCCO2)nc1)(c1ccccc1)c1ccccc1. The molecule has 0 amide bonds. The third-order valence-electron chi connectivity index (χ3n) is 6.45. The van der Waals surface area contributed by atoms with Crippen LogP contribution in [0.25, 0.3) is 0 Å². The zero-order valence-corrected chi connectivity index (χ0v) is 20.5. The molecule has 0 radical (unpaired) electrons. The second-order valence-corrected chi connectivity index (χ2v) is 13.9. The predicted molar refractivity (Wildman–Crippen MR) is 132 cm³/mol. The van der Waals surface area contributed by atoms with Crippen molar-refractivity contribution in [2.45, 2.75) is 50.7 Å². The Morgan fingerprint density at radius 3 is 2.06 bits per heavy atom. The van der Waals surface area contributed by atoms with Gasteiger partial charge in [-0.1, -0.05) is 81.4 Å². The molecule has 1 aromatic heterocycles. The number of rotatable bonds is 7. The van der Waals surface area contributed by atoms with E-state index in [1.807, 2.05) is 24.3 Å². The molecule has 1 aliphatic rings. The maximum atomic E-state index is 11.8. The minimum absolute atomic E-state index is 0.153. The first-order valence-corrected chi connectivity index (χ1v) is 13.3. The van der Waals surface area contributed by atoms with Crippen LogP contribution in [-0.4, -0.2) is 36.6 Å². The Labute approximate surface area is 196 Å². The number of aliphatic carboxylic acids is 1. The highest BCUT2D eigenvalue weighted by atomic mass is 28.4. The number of carboxylic acid groups (broad SMARTS) is 1. The molecule has 1 saturated heterocycles. The lowest BCUT2D eigenvalue weighted by molar-refractivity contribution is -0.160. The first-order chi connectivity index (χ1) is 15.8. The summed E-state index contributed by atoms with van der Waals surface area (Å²) < 4.78 is 12.6. The highest BCUT2D eigenvalue weighted by Gasteiger charge is 2.52. The molecule has 0 spiro atoms. The van der Waals surface area contributed by atoms with Gasteiger partial charge in [0.1, 0.15) is 5.75 Å². The molecule has 3 aromatic rings. The second kappa shape index (κ2) is 9.12. The highest BCUT2D eigenvalue weighted by molar-refractivity contribution is 7.00. The fourth-order valence-electron chi connectivity index (χ4n) is 4.78. The number of hydrogen-bond acceptors (Lipinski definition) is 4. The lowest BCUT2D eigenvalue weighted by atomic mass is 9.94. The number of carbonyl (C=O) groups is 1. The molecule has 5 nitrogen and oxygen atoms in total. The van der Waals surface area contributed by atoms with Crippen molar-refractivity contribution in [3.8, 4) is 5.75 Å². The zero-order valence-electron chi connectivity index (χ0n) is 19.5. The second-order valence-electron chi connectivity index (χ2n) is 9.68. The number of nitrogens with zero attached hydrogens (tertiary/aromatic N) is 1. The van der Waals surface area contributed by atoms with Crippen LogP contribution in [0.2, 0.25) is 5.04 Å². The van der Waals surface area contributed by atoms with E-state index in [4.69, 9.17) is 9.16 Å². The third-order valence-corrected chi connectivity index (χ3v) is 11.4.